The number of benzene rings is 2. The highest BCUT2D eigenvalue weighted by molar-refractivity contribution is 7.14. The molecule has 3 aromatic rings. The van der Waals surface area contributed by atoms with Crippen molar-refractivity contribution in [3.8, 4) is 0 Å². The quantitative estimate of drug-likeness (QED) is 0.564. The molecule has 0 radical (unpaired) electrons. The summed E-state index contributed by atoms with van der Waals surface area (Å²) in [6, 6.07) is 17.2. The molecule has 166 valence electrons. The summed E-state index contributed by atoms with van der Waals surface area (Å²) < 4.78 is 19.6. The number of nitrogens with one attached hydrogen (secondary N) is 1. The van der Waals surface area contributed by atoms with Gasteiger partial charge in [0.05, 0.1) is 23.3 Å². The summed E-state index contributed by atoms with van der Waals surface area (Å²) in [4.78, 5) is 9.49. The summed E-state index contributed by atoms with van der Waals surface area (Å²) in [6.07, 6.45) is 0.128. The van der Waals surface area contributed by atoms with Crippen LogP contribution in [-0.4, -0.2) is 49.7 Å². The summed E-state index contributed by atoms with van der Waals surface area (Å²) in [5.41, 5.74) is 3.08. The first-order valence-corrected chi connectivity index (χ1v) is 11.9. The van der Waals surface area contributed by atoms with Crippen LogP contribution in [-0.2, 0) is 11.3 Å². The second-order valence-electron chi connectivity index (χ2n) is 7.98. The number of rotatable bonds is 5. The van der Waals surface area contributed by atoms with E-state index in [1.165, 1.54) is 16.6 Å². The number of fused-ring (bicyclic) bond motifs is 1. The van der Waals surface area contributed by atoms with Crippen molar-refractivity contribution >= 4 is 39.5 Å². The van der Waals surface area contributed by atoms with Gasteiger partial charge >= 0.3 is 0 Å². The van der Waals surface area contributed by atoms with Crippen molar-refractivity contribution in [1.29, 1.82) is 0 Å². The largest absolute Gasteiger partial charge is 0.374 e. The minimum absolute atomic E-state index is 0.0908. The van der Waals surface area contributed by atoms with Crippen LogP contribution in [0.25, 0.3) is 0 Å². The Labute approximate surface area is 196 Å². The minimum Gasteiger partial charge on any atom is -0.374 e. The maximum Gasteiger partial charge on any atom is 0.141 e. The monoisotopic (exact) mass is 470 g/mol. The zero-order chi connectivity index (χ0) is 21.9. The predicted molar refractivity (Wildman–Crippen MR) is 130 cm³/mol. The van der Waals surface area contributed by atoms with Crippen LogP contribution in [0.2, 0.25) is 5.02 Å². The first-order chi connectivity index (χ1) is 15.7. The Balaban J connectivity index is 1.24. The molecule has 0 spiro atoms. The third-order valence-electron chi connectivity index (χ3n) is 5.66. The molecular formula is C24H24ClFN4OS. The van der Waals surface area contributed by atoms with E-state index in [4.69, 9.17) is 21.3 Å². The van der Waals surface area contributed by atoms with Gasteiger partial charge in [-0.05, 0) is 35.2 Å². The molecule has 0 bridgehead atoms. The van der Waals surface area contributed by atoms with Gasteiger partial charge in [-0.15, -0.1) is 11.3 Å². The predicted octanol–water partition coefficient (Wildman–Crippen LogP) is 5.08. The standard InChI is InChI=1S/C24H24ClFN4OS/c25-21-12-18(6-7-22(21)26)28-23-20-8-11-32-24(20)30(16-27-23)15-19-14-29(9-10-31-19)13-17-4-2-1-3-5-17/h1-8,11-12,19H,9-10,13-16H2,(H,27,28). The van der Waals surface area contributed by atoms with Crippen molar-refractivity contribution in [3.05, 3.63) is 81.9 Å². The normalized spacial score (nSPS) is 18.9. The first kappa shape index (κ1) is 21.4. The van der Waals surface area contributed by atoms with E-state index in [9.17, 15) is 4.39 Å². The van der Waals surface area contributed by atoms with Gasteiger partial charge in [0, 0.05) is 31.9 Å². The highest BCUT2D eigenvalue weighted by Crippen LogP contribution is 2.32. The van der Waals surface area contributed by atoms with Crippen molar-refractivity contribution in [2.24, 2.45) is 4.99 Å². The zero-order valence-corrected chi connectivity index (χ0v) is 19.1. The summed E-state index contributed by atoms with van der Waals surface area (Å²) in [5, 5.41) is 6.62. The van der Waals surface area contributed by atoms with Gasteiger partial charge in [-0.1, -0.05) is 41.9 Å². The van der Waals surface area contributed by atoms with Crippen LogP contribution < -0.4 is 10.2 Å². The molecule has 1 aromatic heterocycles. The molecule has 0 aliphatic carbocycles. The van der Waals surface area contributed by atoms with Crippen molar-refractivity contribution in [2.45, 2.75) is 12.6 Å². The van der Waals surface area contributed by atoms with Gasteiger partial charge in [-0.25, -0.2) is 9.38 Å². The molecule has 3 heterocycles. The summed E-state index contributed by atoms with van der Waals surface area (Å²) in [5.74, 6) is 0.342. The van der Waals surface area contributed by atoms with Crippen LogP contribution in [0.5, 0.6) is 0 Å². The van der Waals surface area contributed by atoms with E-state index in [-0.39, 0.29) is 11.1 Å². The maximum atomic E-state index is 13.5. The van der Waals surface area contributed by atoms with E-state index in [2.05, 4.69) is 56.9 Å². The Bertz CT molecular complexity index is 1110. The SMILES string of the molecule is Fc1ccc(NC2=NCN(CC3CN(Cc4ccccc4)CCO3)c3sccc32)cc1Cl. The van der Waals surface area contributed by atoms with E-state index < -0.39 is 5.82 Å². The van der Waals surface area contributed by atoms with Crippen molar-refractivity contribution in [2.75, 3.05) is 43.1 Å². The van der Waals surface area contributed by atoms with Crippen LogP contribution in [0.4, 0.5) is 15.1 Å². The fraction of sp³-hybridized carbons (Fsp3) is 0.292. The number of morpholine rings is 1. The molecule has 1 unspecified atom stereocenters. The van der Waals surface area contributed by atoms with Gasteiger partial charge in [0.25, 0.3) is 0 Å². The Kier molecular flexibility index (Phi) is 6.41. The Morgan fingerprint density at radius 2 is 2.06 bits per heavy atom. The molecule has 2 aliphatic heterocycles. The van der Waals surface area contributed by atoms with Gasteiger partial charge < -0.3 is 15.0 Å². The van der Waals surface area contributed by atoms with Gasteiger partial charge in [0.15, 0.2) is 0 Å². The molecule has 1 atom stereocenters. The van der Waals surface area contributed by atoms with Crippen LogP contribution in [0.3, 0.4) is 0 Å². The molecule has 5 rings (SSSR count). The summed E-state index contributed by atoms with van der Waals surface area (Å²) >= 11 is 7.62. The lowest BCUT2D eigenvalue weighted by Gasteiger charge is -2.37. The molecule has 5 nitrogen and oxygen atoms in total. The average molecular weight is 471 g/mol. The number of halogens is 2. The summed E-state index contributed by atoms with van der Waals surface area (Å²) in [6.45, 7) is 4.86. The topological polar surface area (TPSA) is 40.1 Å². The molecule has 2 aliphatic rings. The lowest BCUT2D eigenvalue weighted by Crippen LogP contribution is -2.48. The van der Waals surface area contributed by atoms with E-state index in [1.54, 1.807) is 23.5 Å². The third kappa shape index (κ3) is 4.81. The molecule has 32 heavy (non-hydrogen) atoms. The average Bonchev–Trinajstić information content (AvgIpc) is 3.30. The molecule has 1 saturated heterocycles. The van der Waals surface area contributed by atoms with Gasteiger partial charge in [0.2, 0.25) is 0 Å². The van der Waals surface area contributed by atoms with E-state index in [0.717, 1.165) is 44.2 Å². The number of anilines is 2. The number of amidine groups is 1. The fourth-order valence-corrected chi connectivity index (χ4v) is 5.20. The van der Waals surface area contributed by atoms with Crippen molar-refractivity contribution in [1.82, 2.24) is 4.90 Å². The lowest BCUT2D eigenvalue weighted by atomic mass is 10.1. The molecule has 0 saturated carbocycles. The smallest absolute Gasteiger partial charge is 0.141 e. The number of thiophene rings is 1. The maximum absolute atomic E-state index is 13.5. The highest BCUT2D eigenvalue weighted by atomic mass is 35.5. The molecule has 8 heteroatoms. The van der Waals surface area contributed by atoms with Crippen LogP contribution in [0, 0.1) is 5.82 Å². The lowest BCUT2D eigenvalue weighted by molar-refractivity contribution is -0.0268. The number of hydrogen-bond donors (Lipinski definition) is 1. The second kappa shape index (κ2) is 9.58. The highest BCUT2D eigenvalue weighted by Gasteiger charge is 2.27. The second-order valence-corrected chi connectivity index (χ2v) is 9.28. The minimum atomic E-state index is -0.431. The fourth-order valence-electron chi connectivity index (χ4n) is 4.11. The van der Waals surface area contributed by atoms with Crippen LogP contribution >= 0.6 is 22.9 Å². The first-order valence-electron chi connectivity index (χ1n) is 10.6. The van der Waals surface area contributed by atoms with Gasteiger partial charge in [-0.3, -0.25) is 4.90 Å². The number of nitrogens with zero attached hydrogens (tertiary/aromatic N) is 3. The van der Waals surface area contributed by atoms with E-state index in [0.29, 0.717) is 12.4 Å². The zero-order valence-electron chi connectivity index (χ0n) is 17.5. The Morgan fingerprint density at radius 1 is 1.19 bits per heavy atom. The van der Waals surface area contributed by atoms with Crippen LogP contribution in [0.1, 0.15) is 11.1 Å². The number of aliphatic imine (C=N–C) groups is 1. The third-order valence-corrected chi connectivity index (χ3v) is 6.93. The van der Waals surface area contributed by atoms with Gasteiger partial charge in [0.1, 0.15) is 23.3 Å². The molecule has 1 fully saturated rings. The van der Waals surface area contributed by atoms with Crippen LogP contribution in [0.15, 0.2) is 65.0 Å². The van der Waals surface area contributed by atoms with Crippen molar-refractivity contribution in [3.63, 3.8) is 0 Å². The van der Waals surface area contributed by atoms with E-state index in [1.807, 2.05) is 0 Å². The van der Waals surface area contributed by atoms with Crippen molar-refractivity contribution < 1.29 is 9.13 Å². The Morgan fingerprint density at radius 3 is 2.91 bits per heavy atom. The number of hydrogen-bond acceptors (Lipinski definition) is 6. The molecular weight excluding hydrogens is 447 g/mol. The number of ether oxygens (including phenoxy) is 1. The molecule has 0 amide bonds. The molecule has 1 N–H and O–H groups in total. The van der Waals surface area contributed by atoms with Gasteiger partial charge in [-0.2, -0.15) is 0 Å². The Hall–Kier alpha value is -2.45. The summed E-state index contributed by atoms with van der Waals surface area (Å²) in [7, 11) is 0. The van der Waals surface area contributed by atoms with E-state index >= 15 is 0 Å². The molecule has 2 aromatic carbocycles.